The summed E-state index contributed by atoms with van der Waals surface area (Å²) in [4.78, 5) is 18.8. The Hall–Kier alpha value is -1.88. The first-order chi connectivity index (χ1) is 11.1. The molecular weight excluding hydrogens is 292 g/mol. The molecular formula is C18H26N2O3. The van der Waals surface area contributed by atoms with Crippen LogP contribution in [0.25, 0.3) is 0 Å². The Morgan fingerprint density at radius 2 is 1.96 bits per heavy atom. The number of carbonyl (C=O) groups is 1. The number of aliphatic imine (C=N–C) groups is 1. The van der Waals surface area contributed by atoms with Crippen LogP contribution in [0.3, 0.4) is 0 Å². The zero-order valence-electron chi connectivity index (χ0n) is 14.2. The molecule has 0 N–H and O–H groups in total. The van der Waals surface area contributed by atoms with Crippen molar-refractivity contribution in [3.63, 3.8) is 0 Å². The smallest absolute Gasteiger partial charge is 0.295 e. The van der Waals surface area contributed by atoms with Crippen molar-refractivity contribution in [3.8, 4) is 0 Å². The van der Waals surface area contributed by atoms with Crippen LogP contribution >= 0.6 is 0 Å². The number of methoxy groups -OCH3 is 1. The Kier molecular flexibility index (Phi) is 6.59. The number of hydrogen-bond acceptors (Lipinski definition) is 3. The van der Waals surface area contributed by atoms with Crippen LogP contribution in [0, 0.1) is 12.8 Å². The quantitative estimate of drug-likeness (QED) is 0.487. The van der Waals surface area contributed by atoms with Gasteiger partial charge in [-0.3, -0.25) is 4.79 Å². The molecule has 0 radical (unpaired) electrons. The maximum absolute atomic E-state index is 12.5. The van der Waals surface area contributed by atoms with E-state index >= 15 is 0 Å². The Balaban J connectivity index is 2.14. The second kappa shape index (κ2) is 8.67. The van der Waals surface area contributed by atoms with Crippen molar-refractivity contribution < 1.29 is 14.3 Å². The largest absolute Gasteiger partial charge is 0.462 e. The van der Waals surface area contributed by atoms with Crippen molar-refractivity contribution in [2.75, 3.05) is 33.4 Å². The summed E-state index contributed by atoms with van der Waals surface area (Å²) in [5.41, 5.74) is 1.54. The van der Waals surface area contributed by atoms with Gasteiger partial charge in [0.05, 0.1) is 6.61 Å². The molecule has 1 aliphatic rings. The van der Waals surface area contributed by atoms with E-state index in [9.17, 15) is 4.79 Å². The molecule has 0 spiro atoms. The van der Waals surface area contributed by atoms with Gasteiger partial charge in [0.2, 0.25) is 0 Å². The lowest BCUT2D eigenvalue weighted by Crippen LogP contribution is -2.40. The number of likely N-dealkylation sites (tertiary alicyclic amines) is 1. The molecule has 5 heteroatoms. The summed E-state index contributed by atoms with van der Waals surface area (Å²) < 4.78 is 10.7. The minimum Gasteiger partial charge on any atom is -0.462 e. The van der Waals surface area contributed by atoms with Gasteiger partial charge in [0.15, 0.2) is 0 Å². The lowest BCUT2D eigenvalue weighted by Gasteiger charge is -2.31. The molecule has 1 amide bonds. The number of amides is 1. The molecule has 0 bridgehead atoms. The third-order valence-corrected chi connectivity index (χ3v) is 4.15. The fourth-order valence-electron chi connectivity index (χ4n) is 2.57. The molecule has 1 aromatic rings. The number of ether oxygens (including phenoxy) is 2. The zero-order chi connectivity index (χ0) is 16.7. The van der Waals surface area contributed by atoms with Gasteiger partial charge in [-0.05, 0) is 37.3 Å². The van der Waals surface area contributed by atoms with Gasteiger partial charge in [0.25, 0.3) is 11.9 Å². The number of amidine groups is 1. The standard InChI is InChI=1S/C18H26N2O3/c1-14-8-10-20(11-9-14)18(23-13-12-22-3)19-17(21)16-7-5-4-6-15(16)2/h4-7,14H,8-13H2,1-3H3. The molecule has 1 saturated heterocycles. The number of carbonyl (C=O) groups excluding carboxylic acids is 1. The van der Waals surface area contributed by atoms with Gasteiger partial charge >= 0.3 is 0 Å². The van der Waals surface area contributed by atoms with E-state index in [0.29, 0.717) is 30.7 Å². The minimum absolute atomic E-state index is 0.255. The fourth-order valence-corrected chi connectivity index (χ4v) is 2.57. The summed E-state index contributed by atoms with van der Waals surface area (Å²) in [6.45, 7) is 6.77. The number of benzene rings is 1. The van der Waals surface area contributed by atoms with E-state index in [1.54, 1.807) is 13.2 Å². The molecule has 0 aliphatic carbocycles. The third kappa shape index (κ3) is 5.06. The predicted molar refractivity (Wildman–Crippen MR) is 90.7 cm³/mol. The highest BCUT2D eigenvalue weighted by molar-refractivity contribution is 6.02. The number of nitrogens with zero attached hydrogens (tertiary/aromatic N) is 2. The molecule has 0 saturated carbocycles. The van der Waals surface area contributed by atoms with Gasteiger partial charge in [-0.25, -0.2) is 0 Å². The van der Waals surface area contributed by atoms with Gasteiger partial charge in [-0.15, -0.1) is 0 Å². The van der Waals surface area contributed by atoms with Crippen LogP contribution in [0.1, 0.15) is 35.7 Å². The number of piperidine rings is 1. The van der Waals surface area contributed by atoms with Crippen molar-refractivity contribution in [2.24, 2.45) is 10.9 Å². The van der Waals surface area contributed by atoms with Gasteiger partial charge in [-0.2, -0.15) is 4.99 Å². The van der Waals surface area contributed by atoms with E-state index in [2.05, 4.69) is 16.8 Å². The summed E-state index contributed by atoms with van der Waals surface area (Å²) in [5, 5.41) is 0. The molecule has 126 valence electrons. The van der Waals surface area contributed by atoms with Crippen molar-refractivity contribution in [3.05, 3.63) is 35.4 Å². The molecule has 0 unspecified atom stereocenters. The van der Waals surface area contributed by atoms with Crippen LogP contribution in [-0.4, -0.2) is 50.2 Å². The van der Waals surface area contributed by atoms with E-state index in [-0.39, 0.29) is 5.91 Å². The Morgan fingerprint density at radius 3 is 2.61 bits per heavy atom. The molecule has 0 aromatic heterocycles. The maximum Gasteiger partial charge on any atom is 0.295 e. The molecule has 1 fully saturated rings. The summed E-state index contributed by atoms with van der Waals surface area (Å²) in [6.07, 6.45) is 2.18. The normalized spacial score (nSPS) is 16.5. The molecule has 2 rings (SSSR count). The second-order valence-electron chi connectivity index (χ2n) is 6.03. The SMILES string of the molecule is COCCOC(=NC(=O)c1ccccc1C)N1CCC(C)CC1. The lowest BCUT2D eigenvalue weighted by atomic mass is 10.00. The molecule has 1 aromatic carbocycles. The van der Waals surface area contributed by atoms with Crippen LogP contribution in [0.15, 0.2) is 29.3 Å². The zero-order valence-corrected chi connectivity index (χ0v) is 14.2. The number of rotatable bonds is 4. The summed E-state index contributed by atoms with van der Waals surface area (Å²) in [6, 6.07) is 7.90. The summed E-state index contributed by atoms with van der Waals surface area (Å²) >= 11 is 0. The van der Waals surface area contributed by atoms with Crippen LogP contribution in [0.4, 0.5) is 0 Å². The van der Waals surface area contributed by atoms with E-state index in [4.69, 9.17) is 9.47 Å². The van der Waals surface area contributed by atoms with Crippen LogP contribution in [0.2, 0.25) is 0 Å². The lowest BCUT2D eigenvalue weighted by molar-refractivity contribution is 0.0974. The van der Waals surface area contributed by atoms with Gasteiger partial charge < -0.3 is 14.4 Å². The van der Waals surface area contributed by atoms with Crippen molar-refractivity contribution in [1.82, 2.24) is 4.90 Å². The van der Waals surface area contributed by atoms with E-state index < -0.39 is 0 Å². The monoisotopic (exact) mass is 318 g/mol. The molecule has 1 heterocycles. The highest BCUT2D eigenvalue weighted by atomic mass is 16.5. The maximum atomic E-state index is 12.5. The average Bonchev–Trinajstić information content (AvgIpc) is 2.55. The highest BCUT2D eigenvalue weighted by Gasteiger charge is 2.21. The second-order valence-corrected chi connectivity index (χ2v) is 6.03. The Labute approximate surface area is 138 Å². The van der Waals surface area contributed by atoms with E-state index in [1.165, 1.54) is 0 Å². The Bertz CT molecular complexity index is 549. The molecule has 1 aliphatic heterocycles. The molecule has 5 nitrogen and oxygen atoms in total. The van der Waals surface area contributed by atoms with Crippen LogP contribution in [0.5, 0.6) is 0 Å². The molecule has 23 heavy (non-hydrogen) atoms. The summed E-state index contributed by atoms with van der Waals surface area (Å²) in [5.74, 6) is 0.452. The minimum atomic E-state index is -0.255. The average molecular weight is 318 g/mol. The number of aryl methyl sites for hydroxylation is 1. The van der Waals surface area contributed by atoms with E-state index in [0.717, 1.165) is 31.5 Å². The van der Waals surface area contributed by atoms with Crippen molar-refractivity contribution in [2.45, 2.75) is 26.7 Å². The van der Waals surface area contributed by atoms with Crippen LogP contribution in [-0.2, 0) is 9.47 Å². The third-order valence-electron chi connectivity index (χ3n) is 4.15. The Morgan fingerprint density at radius 1 is 1.26 bits per heavy atom. The van der Waals surface area contributed by atoms with Crippen LogP contribution < -0.4 is 0 Å². The van der Waals surface area contributed by atoms with Crippen molar-refractivity contribution >= 4 is 11.9 Å². The van der Waals surface area contributed by atoms with Gasteiger partial charge in [-0.1, -0.05) is 25.1 Å². The van der Waals surface area contributed by atoms with Crippen molar-refractivity contribution in [1.29, 1.82) is 0 Å². The summed E-state index contributed by atoms with van der Waals surface area (Å²) in [7, 11) is 1.63. The fraction of sp³-hybridized carbons (Fsp3) is 0.556. The van der Waals surface area contributed by atoms with E-state index in [1.807, 2.05) is 25.1 Å². The topological polar surface area (TPSA) is 51.1 Å². The first-order valence-electron chi connectivity index (χ1n) is 8.17. The first-order valence-corrected chi connectivity index (χ1v) is 8.17. The van der Waals surface area contributed by atoms with Gasteiger partial charge in [0.1, 0.15) is 6.61 Å². The predicted octanol–water partition coefficient (Wildman–Crippen LogP) is 2.89. The van der Waals surface area contributed by atoms with Gasteiger partial charge in [0, 0.05) is 25.8 Å². The molecule has 0 atom stereocenters. The first kappa shape index (κ1) is 17.5. The number of hydrogen-bond donors (Lipinski definition) is 0. The highest BCUT2D eigenvalue weighted by Crippen LogP contribution is 2.17.